The van der Waals surface area contributed by atoms with E-state index in [9.17, 15) is 10.1 Å². The molecule has 0 spiro atoms. The minimum absolute atomic E-state index is 0.112. The maximum atomic E-state index is 11.4. The highest BCUT2D eigenvalue weighted by atomic mass is 16.6. The minimum atomic E-state index is -0.480. The molecule has 0 fully saturated rings. The number of nitrogens with zero attached hydrogens (tertiary/aromatic N) is 3. The molecule has 0 unspecified atom stereocenters. The smallest absolute Gasteiger partial charge is 0.385 e. The number of anilines is 1. The number of nitro groups is 1. The molecule has 0 aliphatic carbocycles. The van der Waals surface area contributed by atoms with Crippen LogP contribution in [0.3, 0.4) is 0 Å². The zero-order valence-electron chi connectivity index (χ0n) is 14.6. The van der Waals surface area contributed by atoms with Gasteiger partial charge < -0.3 is 5.73 Å². The standard InChI is InChI=1S/C22H13N4O2/c23-20-11-5-16(6-12-20)1-2-18-4-10-19(22(15-18)26(27)28)9-3-17-7-13-21(25-24)14-8-17/h4-8,10-15H,23H2/q+1. The van der Waals surface area contributed by atoms with E-state index in [1.807, 2.05) is 0 Å². The van der Waals surface area contributed by atoms with Crippen LogP contribution in [0.5, 0.6) is 0 Å². The number of hydrogen-bond acceptors (Lipinski definition) is 4. The summed E-state index contributed by atoms with van der Waals surface area (Å²) < 4.78 is 0. The van der Waals surface area contributed by atoms with E-state index in [2.05, 4.69) is 28.7 Å². The van der Waals surface area contributed by atoms with Crippen molar-refractivity contribution in [3.63, 3.8) is 0 Å². The average molecular weight is 365 g/mol. The summed E-state index contributed by atoms with van der Waals surface area (Å²) in [7, 11) is 0. The molecule has 2 N–H and O–H groups in total. The molecule has 0 bridgehead atoms. The summed E-state index contributed by atoms with van der Waals surface area (Å²) in [4.78, 5) is 14.0. The predicted octanol–water partition coefficient (Wildman–Crippen LogP) is 4.46. The van der Waals surface area contributed by atoms with Gasteiger partial charge in [-0.2, -0.15) is 0 Å². The third-order valence-corrected chi connectivity index (χ3v) is 3.78. The molecule has 0 atom stereocenters. The van der Waals surface area contributed by atoms with Crippen LogP contribution in [-0.2, 0) is 0 Å². The van der Waals surface area contributed by atoms with Crippen LogP contribution in [0, 0.1) is 39.2 Å². The summed E-state index contributed by atoms with van der Waals surface area (Å²) in [6, 6.07) is 18.2. The first-order valence-corrected chi connectivity index (χ1v) is 8.18. The van der Waals surface area contributed by atoms with Crippen LogP contribution in [0.2, 0.25) is 0 Å². The van der Waals surface area contributed by atoms with Gasteiger partial charge in [0.15, 0.2) is 4.98 Å². The number of diazo groups is 1. The maximum absolute atomic E-state index is 11.4. The zero-order valence-corrected chi connectivity index (χ0v) is 14.6. The fourth-order valence-corrected chi connectivity index (χ4v) is 2.33. The molecule has 0 saturated carbocycles. The van der Waals surface area contributed by atoms with Crippen molar-refractivity contribution in [3.8, 4) is 23.7 Å². The number of hydrogen-bond donors (Lipinski definition) is 1. The van der Waals surface area contributed by atoms with E-state index < -0.39 is 4.92 Å². The second kappa shape index (κ2) is 8.19. The quantitative estimate of drug-likeness (QED) is 0.226. The monoisotopic (exact) mass is 365 g/mol. The van der Waals surface area contributed by atoms with Gasteiger partial charge in [0.2, 0.25) is 5.39 Å². The van der Waals surface area contributed by atoms with E-state index in [4.69, 9.17) is 11.1 Å². The van der Waals surface area contributed by atoms with E-state index in [-0.39, 0.29) is 5.69 Å². The van der Waals surface area contributed by atoms with Crippen molar-refractivity contribution in [3.05, 3.63) is 104 Å². The van der Waals surface area contributed by atoms with Crippen molar-refractivity contribution in [1.82, 2.24) is 0 Å². The molecule has 0 amide bonds. The second-order valence-electron chi connectivity index (χ2n) is 5.76. The summed E-state index contributed by atoms with van der Waals surface area (Å²) in [6.45, 7) is 0. The Morgan fingerprint density at radius 2 is 1.36 bits per heavy atom. The molecule has 0 aromatic heterocycles. The van der Waals surface area contributed by atoms with E-state index in [1.54, 1.807) is 60.7 Å². The lowest BCUT2D eigenvalue weighted by molar-refractivity contribution is -0.385. The molecule has 6 heteroatoms. The lowest BCUT2D eigenvalue weighted by Crippen LogP contribution is -1.93. The first-order chi connectivity index (χ1) is 13.5. The number of nitro benzene ring substituents is 1. The molecule has 3 aromatic carbocycles. The summed E-state index contributed by atoms with van der Waals surface area (Å²) in [5, 5.41) is 20.1. The fourth-order valence-electron chi connectivity index (χ4n) is 2.33. The Kier molecular flexibility index (Phi) is 5.32. The van der Waals surface area contributed by atoms with Crippen LogP contribution in [0.1, 0.15) is 22.3 Å². The van der Waals surface area contributed by atoms with Crippen LogP contribution < -0.4 is 5.73 Å². The maximum Gasteiger partial charge on any atom is 0.385 e. The Morgan fingerprint density at radius 3 is 1.96 bits per heavy atom. The van der Waals surface area contributed by atoms with Crippen LogP contribution in [0.15, 0.2) is 66.7 Å². The molecule has 132 valence electrons. The Balaban J connectivity index is 1.90. The number of benzene rings is 3. The van der Waals surface area contributed by atoms with Gasteiger partial charge in [-0.15, -0.1) is 0 Å². The van der Waals surface area contributed by atoms with Gasteiger partial charge in [-0.3, -0.25) is 10.1 Å². The lowest BCUT2D eigenvalue weighted by atomic mass is 10.1. The van der Waals surface area contributed by atoms with Crippen molar-refractivity contribution in [2.45, 2.75) is 0 Å². The SMILES string of the molecule is N#[N+]c1ccc(C#Cc2ccc(C#Cc3ccc(N)cc3)cc2[N+](=O)[O-])cc1. The van der Waals surface area contributed by atoms with Gasteiger partial charge in [0.1, 0.15) is 5.56 Å². The van der Waals surface area contributed by atoms with Crippen molar-refractivity contribution < 1.29 is 4.92 Å². The van der Waals surface area contributed by atoms with Crippen molar-refractivity contribution >= 4 is 17.1 Å². The van der Waals surface area contributed by atoms with Crippen molar-refractivity contribution in [1.29, 1.82) is 5.39 Å². The first-order valence-electron chi connectivity index (χ1n) is 8.18. The first kappa shape index (κ1) is 18.2. The number of nitrogens with two attached hydrogens (primary N) is 1. The van der Waals surface area contributed by atoms with Crippen LogP contribution >= 0.6 is 0 Å². The highest BCUT2D eigenvalue weighted by Gasteiger charge is 2.12. The average Bonchev–Trinajstić information content (AvgIpc) is 2.72. The largest absolute Gasteiger partial charge is 0.399 e. The topological polar surface area (TPSA) is 97.3 Å². The fraction of sp³-hybridized carbons (Fsp3) is 0. The molecule has 0 radical (unpaired) electrons. The van der Waals surface area contributed by atoms with E-state index >= 15 is 0 Å². The van der Waals surface area contributed by atoms with Gasteiger partial charge in [-0.25, -0.2) is 0 Å². The Labute approximate surface area is 161 Å². The molecular formula is C22H13N4O2+. The highest BCUT2D eigenvalue weighted by molar-refractivity contribution is 5.59. The number of rotatable bonds is 1. The summed E-state index contributed by atoms with van der Waals surface area (Å²) in [6.07, 6.45) is 0. The molecule has 3 aromatic rings. The highest BCUT2D eigenvalue weighted by Crippen LogP contribution is 2.20. The second-order valence-corrected chi connectivity index (χ2v) is 5.76. The lowest BCUT2D eigenvalue weighted by Gasteiger charge is -1.97. The Bertz CT molecular complexity index is 1200. The Hall–Kier alpha value is -4.60. The molecule has 28 heavy (non-hydrogen) atoms. The van der Waals surface area contributed by atoms with Gasteiger partial charge in [-0.1, -0.05) is 23.7 Å². The van der Waals surface area contributed by atoms with Gasteiger partial charge >= 0.3 is 5.69 Å². The normalized spacial score (nSPS) is 9.25. The molecule has 0 saturated heterocycles. The predicted molar refractivity (Wildman–Crippen MR) is 107 cm³/mol. The van der Waals surface area contributed by atoms with Gasteiger partial charge in [0.25, 0.3) is 5.69 Å². The van der Waals surface area contributed by atoms with E-state index in [0.29, 0.717) is 28.1 Å². The van der Waals surface area contributed by atoms with E-state index in [0.717, 1.165) is 5.56 Å². The van der Waals surface area contributed by atoms with Gasteiger partial charge in [0, 0.05) is 40.6 Å². The minimum Gasteiger partial charge on any atom is -0.399 e. The number of nitrogen functional groups attached to an aromatic ring is 1. The van der Waals surface area contributed by atoms with Gasteiger partial charge in [-0.05, 0) is 48.5 Å². The third kappa shape index (κ3) is 4.52. The van der Waals surface area contributed by atoms with Crippen molar-refractivity contribution in [2.75, 3.05) is 5.73 Å². The van der Waals surface area contributed by atoms with Crippen LogP contribution in [0.25, 0.3) is 4.98 Å². The molecule has 6 nitrogen and oxygen atoms in total. The molecule has 0 aliphatic heterocycles. The molecular weight excluding hydrogens is 352 g/mol. The van der Waals surface area contributed by atoms with Gasteiger partial charge in [0.05, 0.1) is 4.92 Å². The molecule has 0 heterocycles. The zero-order chi connectivity index (χ0) is 19.9. The van der Waals surface area contributed by atoms with Crippen LogP contribution in [-0.4, -0.2) is 4.92 Å². The summed E-state index contributed by atoms with van der Waals surface area (Å²) in [5.74, 6) is 11.5. The van der Waals surface area contributed by atoms with E-state index in [1.165, 1.54) is 6.07 Å². The molecule has 0 aliphatic rings. The van der Waals surface area contributed by atoms with Crippen LogP contribution in [0.4, 0.5) is 17.1 Å². The third-order valence-electron chi connectivity index (χ3n) is 3.78. The van der Waals surface area contributed by atoms with Crippen molar-refractivity contribution in [2.24, 2.45) is 0 Å². The summed E-state index contributed by atoms with van der Waals surface area (Å²) >= 11 is 0. The summed E-state index contributed by atoms with van der Waals surface area (Å²) in [5.41, 5.74) is 8.79. The Morgan fingerprint density at radius 1 is 0.821 bits per heavy atom. The molecule has 3 rings (SSSR count).